The van der Waals surface area contributed by atoms with Crippen molar-refractivity contribution in [3.63, 3.8) is 0 Å². The predicted molar refractivity (Wildman–Crippen MR) is 89.4 cm³/mol. The molecule has 1 aromatic rings. The molecule has 0 bridgehead atoms. The summed E-state index contributed by atoms with van der Waals surface area (Å²) in [6, 6.07) is 3.88. The second kappa shape index (κ2) is 7.86. The second-order valence-electron chi connectivity index (χ2n) is 6.18. The zero-order valence-electron chi connectivity index (χ0n) is 14.3. The summed E-state index contributed by atoms with van der Waals surface area (Å²) in [5, 5.41) is 2.45. The van der Waals surface area contributed by atoms with Crippen LogP contribution in [-0.4, -0.2) is 49.1 Å². The molecule has 138 valence electrons. The van der Waals surface area contributed by atoms with E-state index in [9.17, 15) is 22.8 Å². The van der Waals surface area contributed by atoms with E-state index in [0.29, 0.717) is 6.54 Å². The number of amides is 2. The monoisotopic (exact) mass is 357 g/mol. The Morgan fingerprint density at radius 1 is 1.36 bits per heavy atom. The number of nitrogens with zero attached hydrogens (tertiary/aromatic N) is 2. The number of halogens is 3. The fraction of sp³-hybridized carbons (Fsp3) is 0.529. The van der Waals surface area contributed by atoms with Gasteiger partial charge in [-0.1, -0.05) is 25.5 Å². The molecule has 8 heteroatoms. The third kappa shape index (κ3) is 4.72. The van der Waals surface area contributed by atoms with Crippen LogP contribution in [0.5, 0.6) is 0 Å². The number of hydrogen-bond donors (Lipinski definition) is 1. The highest BCUT2D eigenvalue weighted by atomic mass is 19.4. The van der Waals surface area contributed by atoms with E-state index in [-0.39, 0.29) is 17.9 Å². The highest BCUT2D eigenvalue weighted by Gasteiger charge is 2.48. The molecular formula is C17H22F3N3O2. The zero-order chi connectivity index (χ0) is 18.6. The summed E-state index contributed by atoms with van der Waals surface area (Å²) < 4.78 is 40.7. The summed E-state index contributed by atoms with van der Waals surface area (Å²) in [5.74, 6) is -1.44. The van der Waals surface area contributed by atoms with Crippen LogP contribution in [0.3, 0.4) is 0 Å². The highest BCUT2D eigenvalue weighted by molar-refractivity contribution is 6.05. The predicted octanol–water partition coefficient (Wildman–Crippen LogP) is 3.02. The molecule has 5 nitrogen and oxygen atoms in total. The van der Waals surface area contributed by atoms with Gasteiger partial charge in [-0.15, -0.1) is 0 Å². The van der Waals surface area contributed by atoms with Crippen LogP contribution in [0.4, 0.5) is 24.5 Å². The number of hydrogen-bond acceptors (Lipinski definition) is 3. The highest BCUT2D eigenvalue weighted by Crippen LogP contribution is 2.37. The Kier molecular flexibility index (Phi) is 6.05. The number of fused-ring (bicyclic) bond motifs is 1. The number of nitrogens with one attached hydrogen (secondary N) is 1. The average molecular weight is 357 g/mol. The molecule has 2 amide bonds. The Morgan fingerprint density at radius 3 is 2.68 bits per heavy atom. The maximum absolute atomic E-state index is 13.6. The standard InChI is InChI=1S/C17H22F3N3O2/c1-3-4-9-22(2)11-16(25)23-13-8-6-5-7-12(13)21-15(24)10-14(23)17(18,19)20/h5-8,14H,3-4,9-11H2,1-2H3,(H,21,24)/t14-/m1/s1. The van der Waals surface area contributed by atoms with E-state index in [1.165, 1.54) is 12.1 Å². The number of anilines is 2. The summed E-state index contributed by atoms with van der Waals surface area (Å²) >= 11 is 0. The lowest BCUT2D eigenvalue weighted by Crippen LogP contribution is -2.52. The average Bonchev–Trinajstić information content (AvgIpc) is 2.68. The molecule has 0 spiro atoms. The number of alkyl halides is 3. The van der Waals surface area contributed by atoms with E-state index in [1.54, 1.807) is 24.1 Å². The first kappa shape index (κ1) is 19.2. The number of carbonyl (C=O) groups excluding carboxylic acids is 2. The minimum Gasteiger partial charge on any atom is -0.324 e. The second-order valence-corrected chi connectivity index (χ2v) is 6.18. The molecule has 0 radical (unpaired) electrons. The van der Waals surface area contributed by atoms with Gasteiger partial charge in [-0.2, -0.15) is 13.2 Å². The van der Waals surface area contributed by atoms with E-state index in [2.05, 4.69) is 5.32 Å². The van der Waals surface area contributed by atoms with Crippen LogP contribution < -0.4 is 10.2 Å². The third-order valence-corrected chi connectivity index (χ3v) is 4.07. The Morgan fingerprint density at radius 2 is 2.04 bits per heavy atom. The molecule has 2 rings (SSSR count). The molecule has 25 heavy (non-hydrogen) atoms. The minimum atomic E-state index is -4.70. The summed E-state index contributed by atoms with van der Waals surface area (Å²) in [7, 11) is 1.70. The molecule has 1 heterocycles. The van der Waals surface area contributed by atoms with Crippen molar-refractivity contribution in [2.75, 3.05) is 30.4 Å². The zero-order valence-corrected chi connectivity index (χ0v) is 14.3. The van der Waals surface area contributed by atoms with Crippen molar-refractivity contribution < 1.29 is 22.8 Å². The quantitative estimate of drug-likeness (QED) is 0.881. The van der Waals surface area contributed by atoms with Gasteiger partial charge in [0, 0.05) is 0 Å². The largest absolute Gasteiger partial charge is 0.409 e. The Balaban J connectivity index is 2.37. The molecular weight excluding hydrogens is 335 g/mol. The number of likely N-dealkylation sites (N-methyl/N-ethyl adjacent to an activating group) is 1. The normalized spacial score (nSPS) is 17.9. The van der Waals surface area contributed by atoms with Gasteiger partial charge in [-0.25, -0.2) is 0 Å². The fourth-order valence-corrected chi connectivity index (χ4v) is 2.81. The van der Waals surface area contributed by atoms with E-state index < -0.39 is 30.5 Å². The molecule has 1 aliphatic rings. The molecule has 1 atom stereocenters. The van der Waals surface area contributed by atoms with Crippen LogP contribution >= 0.6 is 0 Å². The summed E-state index contributed by atoms with van der Waals surface area (Å²) in [5.41, 5.74) is 0.286. The maximum atomic E-state index is 13.6. The lowest BCUT2D eigenvalue weighted by Gasteiger charge is -2.33. The Bertz CT molecular complexity index is 634. The Labute approximate surface area is 144 Å². The van der Waals surface area contributed by atoms with Gasteiger partial charge in [0.2, 0.25) is 11.8 Å². The summed E-state index contributed by atoms with van der Waals surface area (Å²) in [4.78, 5) is 27.0. The minimum absolute atomic E-state index is 0.0737. The van der Waals surface area contributed by atoms with Crippen LogP contribution in [0, 0.1) is 0 Å². The first-order chi connectivity index (χ1) is 11.7. The van der Waals surface area contributed by atoms with Crippen LogP contribution in [0.15, 0.2) is 24.3 Å². The molecule has 1 N–H and O–H groups in total. The van der Waals surface area contributed by atoms with Crippen LogP contribution in [0.25, 0.3) is 0 Å². The number of para-hydroxylation sites is 2. The molecule has 1 aromatic carbocycles. The van der Waals surface area contributed by atoms with Crippen LogP contribution in [0.1, 0.15) is 26.2 Å². The summed E-state index contributed by atoms with van der Waals surface area (Å²) in [6.07, 6.45) is -3.74. The van der Waals surface area contributed by atoms with Crippen molar-refractivity contribution in [3.8, 4) is 0 Å². The molecule has 0 unspecified atom stereocenters. The van der Waals surface area contributed by atoms with Crippen LogP contribution in [-0.2, 0) is 9.59 Å². The number of carbonyl (C=O) groups is 2. The van der Waals surface area contributed by atoms with Crippen molar-refractivity contribution in [3.05, 3.63) is 24.3 Å². The van der Waals surface area contributed by atoms with Gasteiger partial charge < -0.3 is 5.32 Å². The number of rotatable bonds is 5. The van der Waals surface area contributed by atoms with Crippen molar-refractivity contribution in [2.24, 2.45) is 0 Å². The van der Waals surface area contributed by atoms with Gasteiger partial charge >= 0.3 is 6.18 Å². The maximum Gasteiger partial charge on any atom is 0.409 e. The first-order valence-corrected chi connectivity index (χ1v) is 8.20. The molecule has 0 fully saturated rings. The molecule has 0 saturated heterocycles. The molecule has 0 aromatic heterocycles. The molecule has 0 saturated carbocycles. The third-order valence-electron chi connectivity index (χ3n) is 4.07. The molecule has 0 aliphatic carbocycles. The van der Waals surface area contributed by atoms with Crippen molar-refractivity contribution in [1.29, 1.82) is 0 Å². The lowest BCUT2D eigenvalue weighted by atomic mass is 10.1. The smallest absolute Gasteiger partial charge is 0.324 e. The van der Waals surface area contributed by atoms with Gasteiger partial charge in [0.25, 0.3) is 0 Å². The van der Waals surface area contributed by atoms with Gasteiger partial charge in [0.05, 0.1) is 24.3 Å². The lowest BCUT2D eigenvalue weighted by molar-refractivity contribution is -0.158. The van der Waals surface area contributed by atoms with E-state index in [4.69, 9.17) is 0 Å². The summed E-state index contributed by atoms with van der Waals surface area (Å²) in [6.45, 7) is 2.47. The van der Waals surface area contributed by atoms with Gasteiger partial charge in [0.1, 0.15) is 6.04 Å². The van der Waals surface area contributed by atoms with Crippen LogP contribution in [0.2, 0.25) is 0 Å². The van der Waals surface area contributed by atoms with Crippen molar-refractivity contribution in [1.82, 2.24) is 4.90 Å². The number of unbranched alkanes of at least 4 members (excludes halogenated alkanes) is 1. The fourth-order valence-electron chi connectivity index (χ4n) is 2.81. The van der Waals surface area contributed by atoms with E-state index in [1.807, 2.05) is 6.92 Å². The topological polar surface area (TPSA) is 52.7 Å². The Hall–Kier alpha value is -2.09. The number of benzene rings is 1. The van der Waals surface area contributed by atoms with Gasteiger partial charge in [-0.05, 0) is 32.1 Å². The van der Waals surface area contributed by atoms with Gasteiger partial charge in [0.15, 0.2) is 0 Å². The van der Waals surface area contributed by atoms with E-state index in [0.717, 1.165) is 17.7 Å². The van der Waals surface area contributed by atoms with E-state index >= 15 is 0 Å². The SMILES string of the molecule is CCCCN(C)CC(=O)N1c2ccccc2NC(=O)C[C@@H]1C(F)(F)F. The van der Waals surface area contributed by atoms with Crippen molar-refractivity contribution >= 4 is 23.2 Å². The molecule has 1 aliphatic heterocycles. The van der Waals surface area contributed by atoms with Gasteiger partial charge in [-0.3, -0.25) is 19.4 Å². The first-order valence-electron chi connectivity index (χ1n) is 8.20. The van der Waals surface area contributed by atoms with Crippen molar-refractivity contribution in [2.45, 2.75) is 38.4 Å².